The average molecular weight is 233 g/mol. The third-order valence-corrected chi connectivity index (χ3v) is 2.27. The van der Waals surface area contributed by atoms with Gasteiger partial charge in [-0.1, -0.05) is 0 Å². The van der Waals surface area contributed by atoms with Crippen LogP contribution in [0.1, 0.15) is 11.4 Å². The summed E-state index contributed by atoms with van der Waals surface area (Å²) < 4.78 is 5.08. The number of hydrogen-bond acceptors (Lipinski definition) is 5. The summed E-state index contributed by atoms with van der Waals surface area (Å²) in [4.78, 5) is 15.5. The van der Waals surface area contributed by atoms with Gasteiger partial charge in [-0.2, -0.15) is 4.98 Å². The molecule has 0 fully saturated rings. The minimum Gasteiger partial charge on any atom is -0.481 e. The van der Waals surface area contributed by atoms with Crippen molar-refractivity contribution in [1.82, 2.24) is 19.9 Å². The van der Waals surface area contributed by atoms with Crippen molar-refractivity contribution < 1.29 is 4.74 Å². The lowest BCUT2D eigenvalue weighted by molar-refractivity contribution is 0.397. The number of methoxy groups -OCH3 is 1. The van der Waals surface area contributed by atoms with Gasteiger partial charge in [0.2, 0.25) is 11.8 Å². The lowest BCUT2D eigenvalue weighted by atomic mass is 10.3. The molecule has 2 heterocycles. The van der Waals surface area contributed by atoms with E-state index in [-0.39, 0.29) is 0 Å². The molecule has 6 nitrogen and oxygen atoms in total. The van der Waals surface area contributed by atoms with E-state index in [1.165, 1.54) is 0 Å². The first-order valence-electron chi connectivity index (χ1n) is 5.39. The molecule has 90 valence electrons. The topological polar surface area (TPSA) is 75.7 Å². The fraction of sp³-hybridized carbons (Fsp3) is 0.364. The first-order chi connectivity index (χ1) is 8.28. The summed E-state index contributed by atoms with van der Waals surface area (Å²) in [6.07, 6.45) is 4.32. The van der Waals surface area contributed by atoms with E-state index in [0.29, 0.717) is 11.8 Å². The third kappa shape index (κ3) is 3.17. The number of nitrogens with zero attached hydrogens (tertiary/aromatic N) is 3. The predicted molar refractivity (Wildman–Crippen MR) is 64.1 cm³/mol. The predicted octanol–water partition coefficient (Wildman–Crippen LogP) is 1.17. The Balaban J connectivity index is 1.92. The Morgan fingerprint density at radius 1 is 1.41 bits per heavy atom. The van der Waals surface area contributed by atoms with E-state index < -0.39 is 0 Å². The van der Waals surface area contributed by atoms with Gasteiger partial charge in [0.1, 0.15) is 0 Å². The zero-order valence-corrected chi connectivity index (χ0v) is 9.90. The maximum atomic E-state index is 5.08. The van der Waals surface area contributed by atoms with Crippen molar-refractivity contribution in [2.24, 2.45) is 0 Å². The first kappa shape index (κ1) is 11.4. The van der Waals surface area contributed by atoms with Crippen LogP contribution in [0.5, 0.6) is 5.88 Å². The summed E-state index contributed by atoms with van der Waals surface area (Å²) in [5.41, 5.74) is 1.96. The number of anilines is 1. The lowest BCUT2D eigenvalue weighted by Gasteiger charge is -2.06. The fourth-order valence-electron chi connectivity index (χ4n) is 1.45. The second-order valence-electron chi connectivity index (χ2n) is 3.63. The van der Waals surface area contributed by atoms with Gasteiger partial charge >= 0.3 is 0 Å². The van der Waals surface area contributed by atoms with Crippen LogP contribution < -0.4 is 10.1 Å². The molecule has 0 amide bonds. The Labute approximate surface area is 99.5 Å². The van der Waals surface area contributed by atoms with Crippen molar-refractivity contribution in [1.29, 1.82) is 0 Å². The number of aromatic amines is 1. The van der Waals surface area contributed by atoms with Crippen LogP contribution in [0.3, 0.4) is 0 Å². The van der Waals surface area contributed by atoms with Crippen molar-refractivity contribution in [3.63, 3.8) is 0 Å². The number of aryl methyl sites for hydroxylation is 1. The molecule has 0 radical (unpaired) electrons. The normalized spacial score (nSPS) is 10.2. The minimum atomic E-state index is 0.571. The summed E-state index contributed by atoms with van der Waals surface area (Å²) >= 11 is 0. The molecule has 6 heteroatoms. The third-order valence-electron chi connectivity index (χ3n) is 2.27. The van der Waals surface area contributed by atoms with Gasteiger partial charge in [-0.15, -0.1) is 0 Å². The highest BCUT2D eigenvalue weighted by molar-refractivity contribution is 5.30. The summed E-state index contributed by atoms with van der Waals surface area (Å²) in [7, 11) is 1.59. The van der Waals surface area contributed by atoms with E-state index in [9.17, 15) is 0 Å². The molecule has 2 aromatic rings. The van der Waals surface area contributed by atoms with Gasteiger partial charge in [-0.25, -0.2) is 9.97 Å². The molecule has 2 rings (SSSR count). The molecule has 0 aliphatic carbocycles. The van der Waals surface area contributed by atoms with E-state index in [2.05, 4.69) is 25.3 Å². The monoisotopic (exact) mass is 233 g/mol. The summed E-state index contributed by atoms with van der Waals surface area (Å²) in [6, 6.07) is 1.79. The van der Waals surface area contributed by atoms with E-state index in [1.807, 2.05) is 6.92 Å². The van der Waals surface area contributed by atoms with Crippen molar-refractivity contribution in [3.05, 3.63) is 30.0 Å². The highest BCUT2D eigenvalue weighted by Gasteiger charge is 2.01. The van der Waals surface area contributed by atoms with Crippen LogP contribution in [-0.2, 0) is 6.42 Å². The molecule has 0 aromatic carbocycles. The zero-order valence-electron chi connectivity index (χ0n) is 9.90. The van der Waals surface area contributed by atoms with Crippen LogP contribution in [-0.4, -0.2) is 33.6 Å². The quantitative estimate of drug-likeness (QED) is 0.810. The van der Waals surface area contributed by atoms with Gasteiger partial charge in [-0.3, -0.25) is 0 Å². The van der Waals surface area contributed by atoms with Crippen molar-refractivity contribution in [3.8, 4) is 5.88 Å². The van der Waals surface area contributed by atoms with E-state index in [0.717, 1.165) is 24.4 Å². The molecule has 0 atom stereocenters. The summed E-state index contributed by atoms with van der Waals surface area (Å²) in [5, 5.41) is 3.15. The molecule has 0 saturated heterocycles. The largest absolute Gasteiger partial charge is 0.481 e. The highest BCUT2D eigenvalue weighted by atomic mass is 16.5. The molecule has 0 spiro atoms. The maximum Gasteiger partial charge on any atom is 0.226 e. The van der Waals surface area contributed by atoms with Crippen LogP contribution in [0.15, 0.2) is 18.6 Å². The number of nitrogens with one attached hydrogen (secondary N) is 2. The van der Waals surface area contributed by atoms with Crippen LogP contribution in [0.25, 0.3) is 0 Å². The Morgan fingerprint density at radius 3 is 3.00 bits per heavy atom. The van der Waals surface area contributed by atoms with Crippen molar-refractivity contribution in [2.75, 3.05) is 19.0 Å². The molecule has 2 aromatic heterocycles. The Morgan fingerprint density at radius 2 is 2.29 bits per heavy atom. The standard InChI is InChI=1S/C11H15N5O/c1-8-5-10(17-2)16-11(15-8)13-4-3-9-6-12-7-14-9/h5-7H,3-4H2,1-2H3,(H,12,14)(H,13,15,16). The van der Waals surface area contributed by atoms with Gasteiger partial charge in [0, 0.05) is 36.6 Å². The van der Waals surface area contributed by atoms with Crippen LogP contribution in [0, 0.1) is 6.92 Å². The van der Waals surface area contributed by atoms with Gasteiger partial charge in [0.15, 0.2) is 0 Å². The summed E-state index contributed by atoms with van der Waals surface area (Å²) in [5.74, 6) is 1.16. The SMILES string of the molecule is COc1cc(C)nc(NCCc2cnc[nH]2)n1. The van der Waals surface area contributed by atoms with Crippen molar-refractivity contribution >= 4 is 5.95 Å². The van der Waals surface area contributed by atoms with Gasteiger partial charge in [-0.05, 0) is 6.92 Å². The maximum absolute atomic E-state index is 5.08. The smallest absolute Gasteiger partial charge is 0.226 e. The van der Waals surface area contributed by atoms with Gasteiger partial charge in [0.25, 0.3) is 0 Å². The molecule has 0 saturated carbocycles. The number of hydrogen-bond donors (Lipinski definition) is 2. The second kappa shape index (κ2) is 5.29. The van der Waals surface area contributed by atoms with Crippen molar-refractivity contribution in [2.45, 2.75) is 13.3 Å². The molecule has 0 unspecified atom stereocenters. The average Bonchev–Trinajstić information content (AvgIpc) is 2.81. The first-order valence-corrected chi connectivity index (χ1v) is 5.39. The fourth-order valence-corrected chi connectivity index (χ4v) is 1.45. The Hall–Kier alpha value is -2.11. The molecule has 0 bridgehead atoms. The molecule has 2 N–H and O–H groups in total. The molecule has 0 aliphatic rings. The van der Waals surface area contributed by atoms with E-state index in [1.54, 1.807) is 25.7 Å². The van der Waals surface area contributed by atoms with Gasteiger partial charge < -0.3 is 15.0 Å². The molecule has 17 heavy (non-hydrogen) atoms. The van der Waals surface area contributed by atoms with Crippen LogP contribution >= 0.6 is 0 Å². The second-order valence-corrected chi connectivity index (χ2v) is 3.63. The molecular formula is C11H15N5O. The number of ether oxygens (including phenoxy) is 1. The number of rotatable bonds is 5. The summed E-state index contributed by atoms with van der Waals surface area (Å²) in [6.45, 7) is 2.65. The lowest BCUT2D eigenvalue weighted by Crippen LogP contribution is -2.09. The molecule has 0 aliphatic heterocycles. The molecular weight excluding hydrogens is 218 g/mol. The zero-order chi connectivity index (χ0) is 12.1. The highest BCUT2D eigenvalue weighted by Crippen LogP contribution is 2.10. The number of imidazole rings is 1. The van der Waals surface area contributed by atoms with E-state index in [4.69, 9.17) is 4.74 Å². The Bertz CT molecular complexity index is 469. The minimum absolute atomic E-state index is 0.571. The van der Waals surface area contributed by atoms with Gasteiger partial charge in [0.05, 0.1) is 13.4 Å². The number of aromatic nitrogens is 4. The number of H-pyrrole nitrogens is 1. The van der Waals surface area contributed by atoms with Crippen LogP contribution in [0.4, 0.5) is 5.95 Å². The van der Waals surface area contributed by atoms with E-state index >= 15 is 0 Å². The Kier molecular flexibility index (Phi) is 3.54. The van der Waals surface area contributed by atoms with Crippen LogP contribution in [0.2, 0.25) is 0 Å².